The molecule has 238 valence electrons. The second kappa shape index (κ2) is 11.5. The maximum Gasteiger partial charge on any atom is 0.276 e. The number of benzene rings is 2. The van der Waals surface area contributed by atoms with E-state index >= 15 is 0 Å². The summed E-state index contributed by atoms with van der Waals surface area (Å²) in [4.78, 5) is 47.6. The zero-order valence-corrected chi connectivity index (χ0v) is 26.5. The molecule has 0 fully saturated rings. The molecule has 4 N–H and O–H groups in total. The van der Waals surface area contributed by atoms with E-state index in [2.05, 4.69) is 16.0 Å². The van der Waals surface area contributed by atoms with Gasteiger partial charge in [0.1, 0.15) is 29.4 Å². The molecule has 11 nitrogen and oxygen atoms in total. The highest BCUT2D eigenvalue weighted by molar-refractivity contribution is 5.95. The number of anilines is 1. The van der Waals surface area contributed by atoms with Gasteiger partial charge in [-0.2, -0.15) is 0 Å². The lowest BCUT2D eigenvalue weighted by Crippen LogP contribution is -2.52. The second-order valence-electron chi connectivity index (χ2n) is 12.7. The van der Waals surface area contributed by atoms with Crippen LogP contribution >= 0.6 is 0 Å². The fraction of sp³-hybridized carbons (Fsp3) is 0.471. The minimum Gasteiger partial charge on any atom is -0.469 e. The lowest BCUT2D eigenvalue weighted by molar-refractivity contribution is -0.135. The van der Waals surface area contributed by atoms with Gasteiger partial charge in [0.25, 0.3) is 5.91 Å². The first-order valence-electron chi connectivity index (χ1n) is 15.8. The molecule has 4 bridgehead atoms. The van der Waals surface area contributed by atoms with Crippen LogP contribution in [-0.2, 0) is 21.4 Å². The molecule has 5 atom stereocenters. The molecule has 6 rings (SSSR count). The van der Waals surface area contributed by atoms with Gasteiger partial charge in [-0.05, 0) is 48.9 Å². The summed E-state index contributed by atoms with van der Waals surface area (Å²) in [5, 5.41) is 19.8. The predicted octanol–water partition coefficient (Wildman–Crippen LogP) is 3.51. The molecule has 11 heteroatoms. The van der Waals surface area contributed by atoms with E-state index in [4.69, 9.17) is 14.1 Å². The molecule has 0 radical (unpaired) electrons. The van der Waals surface area contributed by atoms with Gasteiger partial charge in [0.05, 0.1) is 0 Å². The average molecular weight is 616 g/mol. The van der Waals surface area contributed by atoms with Gasteiger partial charge in [0, 0.05) is 30.8 Å². The predicted molar refractivity (Wildman–Crippen MR) is 167 cm³/mol. The molecule has 45 heavy (non-hydrogen) atoms. The summed E-state index contributed by atoms with van der Waals surface area (Å²) < 4.78 is 13.3. The number of amides is 3. The standard InChI is InChI=1S/C34H41N5O6/c1-7-39(8-2)32(43)26-28-34-20-11-9-10-12-22(20)36-33(34)44-24-14-13-19(15-21(24)34)16-23(35-30(42)27(40)18(5)6)29(41)37-25(17(3)4)31(38-26)45-28/h9-15,17-18,23,25,27,33,36,40H,7-8,16H2,1-6H3,(H,35,42)(H,37,41)/t23-,25-,27-,33?,34-/m0/s1. The first-order valence-corrected chi connectivity index (χ1v) is 15.8. The van der Waals surface area contributed by atoms with Gasteiger partial charge in [-0.1, -0.05) is 58.0 Å². The van der Waals surface area contributed by atoms with E-state index in [1.165, 1.54) is 0 Å². The van der Waals surface area contributed by atoms with E-state index < -0.39 is 41.6 Å². The maximum atomic E-state index is 14.2. The number of ether oxygens (including phenoxy) is 1. The molecule has 0 saturated heterocycles. The highest BCUT2D eigenvalue weighted by Crippen LogP contribution is 2.58. The smallest absolute Gasteiger partial charge is 0.276 e. The highest BCUT2D eigenvalue weighted by atomic mass is 16.5. The van der Waals surface area contributed by atoms with Crippen LogP contribution in [0.15, 0.2) is 46.9 Å². The summed E-state index contributed by atoms with van der Waals surface area (Å²) in [6.07, 6.45) is -1.74. The van der Waals surface area contributed by atoms with Crippen LogP contribution in [0.25, 0.3) is 0 Å². The molecule has 1 aromatic heterocycles. The van der Waals surface area contributed by atoms with Crippen LogP contribution in [-0.4, -0.2) is 64.2 Å². The summed E-state index contributed by atoms with van der Waals surface area (Å²) in [6, 6.07) is 11.8. The van der Waals surface area contributed by atoms with Crippen molar-refractivity contribution >= 4 is 23.4 Å². The number of carbonyl (C=O) groups is 3. The van der Waals surface area contributed by atoms with Crippen molar-refractivity contribution in [3.05, 3.63) is 76.5 Å². The summed E-state index contributed by atoms with van der Waals surface area (Å²) in [7, 11) is 0. The Balaban J connectivity index is 1.61. The molecule has 3 aromatic rings. The number of rotatable bonds is 7. The summed E-state index contributed by atoms with van der Waals surface area (Å²) in [6.45, 7) is 12.1. The molecule has 3 amide bonds. The third-order valence-corrected chi connectivity index (χ3v) is 9.20. The van der Waals surface area contributed by atoms with E-state index in [9.17, 15) is 19.5 Å². The molecule has 1 unspecified atom stereocenters. The quantitative estimate of drug-likeness (QED) is 0.316. The van der Waals surface area contributed by atoms with Crippen molar-refractivity contribution in [3.8, 4) is 5.75 Å². The second-order valence-corrected chi connectivity index (χ2v) is 12.7. The number of para-hydroxylation sites is 1. The zero-order chi connectivity index (χ0) is 32.2. The van der Waals surface area contributed by atoms with Gasteiger partial charge < -0.3 is 35.1 Å². The molecule has 2 aromatic carbocycles. The molecular formula is C34H41N5O6. The molecular weight excluding hydrogens is 574 g/mol. The normalized spacial score (nSPS) is 23.6. The van der Waals surface area contributed by atoms with Crippen LogP contribution in [0.2, 0.25) is 0 Å². The van der Waals surface area contributed by atoms with Gasteiger partial charge in [-0.3, -0.25) is 14.4 Å². The number of carbonyl (C=O) groups excluding carboxylic acids is 3. The Morgan fingerprint density at radius 1 is 1.09 bits per heavy atom. The van der Waals surface area contributed by atoms with Crippen LogP contribution < -0.4 is 20.7 Å². The van der Waals surface area contributed by atoms with E-state index in [0.29, 0.717) is 24.6 Å². The Bertz CT molecular complexity index is 1650. The Morgan fingerprint density at radius 2 is 1.82 bits per heavy atom. The minimum atomic E-state index is -1.28. The molecule has 0 saturated carbocycles. The number of fused-ring (bicyclic) bond motifs is 4. The van der Waals surface area contributed by atoms with E-state index in [1.54, 1.807) is 18.7 Å². The lowest BCUT2D eigenvalue weighted by Gasteiger charge is -2.29. The van der Waals surface area contributed by atoms with E-state index in [-0.39, 0.29) is 35.7 Å². The van der Waals surface area contributed by atoms with E-state index in [0.717, 1.165) is 22.4 Å². The van der Waals surface area contributed by atoms with Crippen LogP contribution in [0.5, 0.6) is 5.75 Å². The summed E-state index contributed by atoms with van der Waals surface area (Å²) in [5.74, 6) is -0.707. The van der Waals surface area contributed by atoms with Gasteiger partial charge in [0.2, 0.25) is 17.7 Å². The summed E-state index contributed by atoms with van der Waals surface area (Å²) >= 11 is 0. The third kappa shape index (κ3) is 4.84. The van der Waals surface area contributed by atoms with Crippen LogP contribution in [0.1, 0.15) is 86.4 Å². The largest absolute Gasteiger partial charge is 0.469 e. The first kappa shape index (κ1) is 30.6. The van der Waals surface area contributed by atoms with Crippen molar-refractivity contribution in [1.82, 2.24) is 20.5 Å². The van der Waals surface area contributed by atoms with Gasteiger partial charge >= 0.3 is 0 Å². The molecule has 4 heterocycles. The minimum absolute atomic E-state index is 0.161. The number of aromatic nitrogens is 1. The number of oxazole rings is 1. The first-order chi connectivity index (χ1) is 21.5. The van der Waals surface area contributed by atoms with Crippen LogP contribution in [0.3, 0.4) is 0 Å². The van der Waals surface area contributed by atoms with Crippen molar-refractivity contribution in [2.75, 3.05) is 18.4 Å². The maximum absolute atomic E-state index is 14.2. The zero-order valence-electron chi connectivity index (χ0n) is 26.5. The summed E-state index contributed by atoms with van der Waals surface area (Å²) in [5.41, 5.74) is 2.37. The highest BCUT2D eigenvalue weighted by Gasteiger charge is 2.61. The topological polar surface area (TPSA) is 146 Å². The number of aliphatic hydroxyl groups is 1. The Kier molecular flexibility index (Phi) is 7.84. The van der Waals surface area contributed by atoms with Crippen molar-refractivity contribution < 1.29 is 28.6 Å². The molecule has 3 aliphatic rings. The van der Waals surface area contributed by atoms with Gasteiger partial charge in [0.15, 0.2) is 17.7 Å². The van der Waals surface area contributed by atoms with Crippen LogP contribution in [0.4, 0.5) is 5.69 Å². The van der Waals surface area contributed by atoms with Crippen molar-refractivity contribution in [3.63, 3.8) is 0 Å². The molecule has 0 aliphatic carbocycles. The molecule has 3 aliphatic heterocycles. The Labute approximate surface area is 262 Å². The van der Waals surface area contributed by atoms with Crippen molar-refractivity contribution in [2.24, 2.45) is 11.8 Å². The number of hydrogen-bond acceptors (Lipinski definition) is 8. The fourth-order valence-corrected chi connectivity index (χ4v) is 6.67. The number of nitrogens with one attached hydrogen (secondary N) is 3. The van der Waals surface area contributed by atoms with Gasteiger partial charge in [-0.25, -0.2) is 4.98 Å². The van der Waals surface area contributed by atoms with Crippen molar-refractivity contribution in [1.29, 1.82) is 0 Å². The fourth-order valence-electron chi connectivity index (χ4n) is 6.67. The monoisotopic (exact) mass is 615 g/mol. The Morgan fingerprint density at radius 3 is 2.51 bits per heavy atom. The molecule has 1 spiro atoms. The SMILES string of the molecule is CCN(CC)C(=O)c1nc2oc1[C@@]13c4ccccc4NC1Oc1ccc(cc13)C[C@H](NC(=O)[C@@H](O)C(C)C)C(=O)N[C@H]2C(C)C. The van der Waals surface area contributed by atoms with Crippen molar-refractivity contribution in [2.45, 2.75) is 77.8 Å². The van der Waals surface area contributed by atoms with E-state index in [1.807, 2.05) is 70.2 Å². The number of nitrogens with zero attached hydrogens (tertiary/aromatic N) is 2. The van der Waals surface area contributed by atoms with Gasteiger partial charge in [-0.15, -0.1) is 0 Å². The van der Waals surface area contributed by atoms with Crippen LogP contribution in [0, 0.1) is 11.8 Å². The number of hydrogen-bond donors (Lipinski definition) is 4. The Hall–Kier alpha value is -4.38. The number of aliphatic hydroxyl groups excluding tert-OH is 1. The lowest BCUT2D eigenvalue weighted by atomic mass is 9.72. The average Bonchev–Trinajstić information content (AvgIpc) is 3.68. The third-order valence-electron chi connectivity index (χ3n) is 9.20.